The molecule has 32 heavy (non-hydrogen) atoms. The third-order valence-corrected chi connectivity index (χ3v) is 7.28. The van der Waals surface area contributed by atoms with E-state index in [2.05, 4.69) is 4.72 Å². The zero-order valence-electron chi connectivity index (χ0n) is 18.6. The molecule has 0 aromatic heterocycles. The van der Waals surface area contributed by atoms with E-state index in [0.29, 0.717) is 0 Å². The molecule has 176 valence electrons. The first-order valence-electron chi connectivity index (χ1n) is 11.6. The maximum atomic E-state index is 13.0. The molecule has 7 nitrogen and oxygen atoms in total. The van der Waals surface area contributed by atoms with E-state index in [1.807, 2.05) is 11.0 Å². The molecule has 0 unspecified atom stereocenters. The van der Waals surface area contributed by atoms with Crippen molar-refractivity contribution < 1.29 is 22.7 Å². The van der Waals surface area contributed by atoms with Gasteiger partial charge in [0.2, 0.25) is 10.0 Å². The minimum atomic E-state index is -3.79. The van der Waals surface area contributed by atoms with Gasteiger partial charge in [-0.2, -0.15) is 0 Å². The van der Waals surface area contributed by atoms with Crippen molar-refractivity contribution in [3.63, 3.8) is 0 Å². The first-order valence-corrected chi connectivity index (χ1v) is 13.2. The lowest BCUT2D eigenvalue weighted by molar-refractivity contribution is -0.154. The van der Waals surface area contributed by atoms with Gasteiger partial charge >= 0.3 is 5.97 Å². The molecular formula is C24H34N2O5S. The van der Waals surface area contributed by atoms with Gasteiger partial charge in [0.25, 0.3) is 5.91 Å². The molecule has 0 bridgehead atoms. The first kappa shape index (κ1) is 24.5. The molecule has 0 aliphatic heterocycles. The van der Waals surface area contributed by atoms with Crippen LogP contribution in [-0.4, -0.2) is 50.4 Å². The fourth-order valence-corrected chi connectivity index (χ4v) is 5.38. The van der Waals surface area contributed by atoms with Crippen molar-refractivity contribution in [2.75, 3.05) is 13.2 Å². The van der Waals surface area contributed by atoms with Gasteiger partial charge in [-0.05, 0) is 37.3 Å². The third-order valence-electron chi connectivity index (χ3n) is 6.24. The van der Waals surface area contributed by atoms with E-state index in [-0.39, 0.29) is 24.6 Å². The fourth-order valence-electron chi connectivity index (χ4n) is 4.63. The van der Waals surface area contributed by atoms with Crippen LogP contribution >= 0.6 is 0 Å². The van der Waals surface area contributed by atoms with E-state index in [0.717, 1.165) is 62.3 Å². The van der Waals surface area contributed by atoms with E-state index in [1.54, 1.807) is 24.3 Å². The molecule has 8 heteroatoms. The quantitative estimate of drug-likeness (QED) is 0.566. The van der Waals surface area contributed by atoms with E-state index < -0.39 is 22.5 Å². The molecule has 0 heterocycles. The Morgan fingerprint density at radius 1 is 0.938 bits per heavy atom. The van der Waals surface area contributed by atoms with Crippen LogP contribution in [0.3, 0.4) is 0 Å². The van der Waals surface area contributed by atoms with Gasteiger partial charge in [0, 0.05) is 17.5 Å². The van der Waals surface area contributed by atoms with Crippen LogP contribution in [0.25, 0.3) is 6.08 Å². The third kappa shape index (κ3) is 7.74. The Bertz CT molecular complexity index is 855. The highest BCUT2D eigenvalue weighted by molar-refractivity contribution is 7.92. The van der Waals surface area contributed by atoms with Crippen molar-refractivity contribution in [2.45, 2.75) is 76.3 Å². The summed E-state index contributed by atoms with van der Waals surface area (Å²) in [6, 6.07) is 9.44. The van der Waals surface area contributed by atoms with Crippen LogP contribution in [-0.2, 0) is 24.3 Å². The smallest absolute Gasteiger partial charge is 0.321 e. The van der Waals surface area contributed by atoms with Crippen LogP contribution in [0.15, 0.2) is 35.7 Å². The summed E-state index contributed by atoms with van der Waals surface area (Å²) >= 11 is 0. The summed E-state index contributed by atoms with van der Waals surface area (Å²) in [5, 5.41) is 1.01. The van der Waals surface area contributed by atoms with Gasteiger partial charge < -0.3 is 9.64 Å². The number of esters is 1. The van der Waals surface area contributed by atoms with Gasteiger partial charge in [-0.15, -0.1) is 0 Å². The molecule has 1 aromatic carbocycles. The number of carbonyl (C=O) groups excluding carboxylic acids is 2. The van der Waals surface area contributed by atoms with Gasteiger partial charge in [-0.1, -0.05) is 68.9 Å². The Balaban J connectivity index is 1.49. The van der Waals surface area contributed by atoms with Crippen LogP contribution in [0, 0.1) is 0 Å². The molecule has 2 aliphatic carbocycles. The predicted octanol–water partition coefficient (Wildman–Crippen LogP) is 3.61. The van der Waals surface area contributed by atoms with E-state index in [4.69, 9.17) is 4.74 Å². The highest BCUT2D eigenvalue weighted by Crippen LogP contribution is 2.30. The Morgan fingerprint density at radius 2 is 1.50 bits per heavy atom. The second kappa shape index (κ2) is 12.2. The summed E-state index contributed by atoms with van der Waals surface area (Å²) in [6.07, 6.45) is 12.4. The van der Waals surface area contributed by atoms with Gasteiger partial charge in [0.15, 0.2) is 6.61 Å². The van der Waals surface area contributed by atoms with Crippen molar-refractivity contribution in [1.29, 1.82) is 0 Å². The number of hydrogen-bond donors (Lipinski definition) is 1. The molecule has 2 aliphatic rings. The number of hydrogen-bond acceptors (Lipinski definition) is 5. The maximum Gasteiger partial charge on any atom is 0.321 e. The van der Waals surface area contributed by atoms with Crippen LogP contribution in [0.5, 0.6) is 0 Å². The summed E-state index contributed by atoms with van der Waals surface area (Å²) < 4.78 is 31.5. The maximum absolute atomic E-state index is 13.0. The molecule has 2 fully saturated rings. The zero-order valence-corrected chi connectivity index (χ0v) is 19.4. The molecule has 0 radical (unpaired) electrons. The highest BCUT2D eigenvalue weighted by Gasteiger charge is 2.32. The normalized spacial score (nSPS) is 18.5. The predicted molar refractivity (Wildman–Crippen MR) is 124 cm³/mol. The summed E-state index contributed by atoms with van der Waals surface area (Å²) in [7, 11) is -3.79. The summed E-state index contributed by atoms with van der Waals surface area (Å²) in [4.78, 5) is 27.1. The van der Waals surface area contributed by atoms with Gasteiger partial charge in [0.05, 0.1) is 0 Å². The van der Waals surface area contributed by atoms with Crippen molar-refractivity contribution >= 4 is 28.0 Å². The molecule has 0 spiro atoms. The molecule has 1 N–H and O–H groups in total. The van der Waals surface area contributed by atoms with Crippen molar-refractivity contribution in [1.82, 2.24) is 9.62 Å². The molecule has 0 atom stereocenters. The zero-order chi connectivity index (χ0) is 22.8. The fraction of sp³-hybridized carbons (Fsp3) is 0.583. The van der Waals surface area contributed by atoms with Crippen molar-refractivity contribution in [3.05, 3.63) is 41.3 Å². The number of rotatable bonds is 9. The molecule has 3 rings (SSSR count). The molecule has 1 aromatic rings. The van der Waals surface area contributed by atoms with E-state index >= 15 is 0 Å². The summed E-state index contributed by atoms with van der Waals surface area (Å²) in [5.74, 6) is -0.925. The number of benzene rings is 1. The average molecular weight is 463 g/mol. The van der Waals surface area contributed by atoms with Crippen LogP contribution in [0.4, 0.5) is 0 Å². The van der Waals surface area contributed by atoms with Crippen LogP contribution in [0.1, 0.15) is 69.8 Å². The lowest BCUT2D eigenvalue weighted by atomic mass is 9.88. The van der Waals surface area contributed by atoms with Gasteiger partial charge in [-0.25, -0.2) is 13.1 Å². The lowest BCUT2D eigenvalue weighted by Gasteiger charge is -2.41. The molecule has 1 amide bonds. The van der Waals surface area contributed by atoms with Crippen molar-refractivity contribution in [3.8, 4) is 0 Å². The average Bonchev–Trinajstić information content (AvgIpc) is 2.82. The lowest BCUT2D eigenvalue weighted by Crippen LogP contribution is -2.50. The summed E-state index contributed by atoms with van der Waals surface area (Å²) in [6.45, 7) is -0.852. The standard InChI is InChI=1S/C24H34N2O5S/c27-23(26(21-12-6-2-7-13-21)22-14-8-3-9-15-22)19-31-24(28)18-25-32(29,30)17-16-20-10-4-1-5-11-20/h1,4-5,10-11,16-17,21-22,25H,2-3,6-9,12-15,18-19H2. The van der Waals surface area contributed by atoms with Crippen molar-refractivity contribution in [2.24, 2.45) is 0 Å². The highest BCUT2D eigenvalue weighted by atomic mass is 32.2. The van der Waals surface area contributed by atoms with Crippen LogP contribution < -0.4 is 4.72 Å². The number of nitrogens with zero attached hydrogens (tertiary/aromatic N) is 1. The number of ether oxygens (including phenoxy) is 1. The Labute approximate surface area is 191 Å². The first-order chi connectivity index (χ1) is 15.4. The van der Waals surface area contributed by atoms with E-state index in [9.17, 15) is 18.0 Å². The van der Waals surface area contributed by atoms with Gasteiger partial charge in [0.1, 0.15) is 6.54 Å². The van der Waals surface area contributed by atoms with Crippen LogP contribution in [0.2, 0.25) is 0 Å². The Kier molecular flexibility index (Phi) is 9.29. The largest absolute Gasteiger partial charge is 0.455 e. The SMILES string of the molecule is O=C(CNS(=O)(=O)C=Cc1ccccc1)OCC(=O)N(C1CCCCC1)C1CCCCC1. The number of amides is 1. The molecular weight excluding hydrogens is 428 g/mol. The topological polar surface area (TPSA) is 92.8 Å². The molecule has 0 saturated heterocycles. The monoisotopic (exact) mass is 462 g/mol. The second-order valence-corrected chi connectivity index (χ2v) is 10.3. The van der Waals surface area contributed by atoms with E-state index in [1.165, 1.54) is 18.9 Å². The Hall–Kier alpha value is -2.19. The summed E-state index contributed by atoms with van der Waals surface area (Å²) in [5.41, 5.74) is 0.733. The second-order valence-electron chi connectivity index (χ2n) is 8.62. The number of sulfonamides is 1. The van der Waals surface area contributed by atoms with Gasteiger partial charge in [-0.3, -0.25) is 9.59 Å². The minimum absolute atomic E-state index is 0.163. The number of carbonyl (C=O) groups is 2. The minimum Gasteiger partial charge on any atom is -0.455 e. The molecule has 2 saturated carbocycles. The number of nitrogens with one attached hydrogen (secondary N) is 1. The Morgan fingerprint density at radius 3 is 2.06 bits per heavy atom.